The quantitative estimate of drug-likeness (QED) is 0.215. The van der Waals surface area contributed by atoms with Crippen LogP contribution in [0.5, 0.6) is 11.5 Å². The van der Waals surface area contributed by atoms with E-state index in [0.717, 1.165) is 22.1 Å². The van der Waals surface area contributed by atoms with Crippen molar-refractivity contribution in [2.75, 3.05) is 42.9 Å². The molecule has 0 aliphatic carbocycles. The van der Waals surface area contributed by atoms with E-state index in [0.29, 0.717) is 34.9 Å². The number of ether oxygens (including phenoxy) is 1. The van der Waals surface area contributed by atoms with Crippen LogP contribution in [0.15, 0.2) is 72.9 Å². The molecule has 10 heteroatoms. The second-order valence-corrected chi connectivity index (χ2v) is 11.0. The fourth-order valence-corrected chi connectivity index (χ4v) is 5.68. The van der Waals surface area contributed by atoms with Gasteiger partial charge in [-0.1, -0.05) is 24.3 Å². The van der Waals surface area contributed by atoms with Crippen LogP contribution in [0.3, 0.4) is 0 Å². The first-order valence-corrected chi connectivity index (χ1v) is 13.7. The normalized spacial score (nSPS) is 12.5. The molecule has 192 valence electrons. The van der Waals surface area contributed by atoms with Crippen LogP contribution in [-0.2, 0) is 9.09 Å². The molecule has 0 bridgehead atoms. The lowest BCUT2D eigenvalue weighted by molar-refractivity contribution is 0.210. The van der Waals surface area contributed by atoms with Gasteiger partial charge in [-0.3, -0.25) is 9.88 Å². The molecule has 9 nitrogen and oxygen atoms in total. The summed E-state index contributed by atoms with van der Waals surface area (Å²) in [5, 5.41) is 17.0. The number of nitrogens with zero attached hydrogens (tertiary/aromatic N) is 2. The Balaban J connectivity index is 1.60. The lowest BCUT2D eigenvalue weighted by Crippen LogP contribution is -2.20. The fraction of sp³-hybridized carbons (Fsp3) is 0.185. The highest BCUT2D eigenvalue weighted by Crippen LogP contribution is 2.44. The molecule has 0 spiro atoms. The van der Waals surface area contributed by atoms with Crippen molar-refractivity contribution < 1.29 is 23.7 Å². The minimum atomic E-state index is -2.96. The van der Waals surface area contributed by atoms with E-state index >= 15 is 0 Å². The number of benzene rings is 3. The highest BCUT2D eigenvalue weighted by atomic mass is 31.2. The van der Waals surface area contributed by atoms with Gasteiger partial charge < -0.3 is 24.6 Å². The monoisotopic (exact) mass is 520 g/mol. The molecule has 0 saturated carbocycles. The molecule has 1 heterocycles. The zero-order valence-corrected chi connectivity index (χ0v) is 22.0. The molecule has 0 aliphatic rings. The van der Waals surface area contributed by atoms with Crippen molar-refractivity contribution in [2.45, 2.75) is 6.92 Å². The summed E-state index contributed by atoms with van der Waals surface area (Å²) >= 11 is 0. The average molecular weight is 521 g/mol. The van der Waals surface area contributed by atoms with Gasteiger partial charge in [-0.15, -0.1) is 0 Å². The molecule has 1 aromatic heterocycles. The maximum atomic E-state index is 13.1. The Hall–Kier alpha value is -4.07. The van der Waals surface area contributed by atoms with Gasteiger partial charge in [0.15, 0.2) is 0 Å². The van der Waals surface area contributed by atoms with E-state index in [9.17, 15) is 9.36 Å². The Morgan fingerprint density at radius 2 is 1.81 bits per heavy atom. The van der Waals surface area contributed by atoms with Crippen LogP contribution >= 0.6 is 7.37 Å². The van der Waals surface area contributed by atoms with Crippen LogP contribution in [-0.4, -0.2) is 43.6 Å². The van der Waals surface area contributed by atoms with Crippen molar-refractivity contribution in [3.8, 4) is 11.5 Å². The van der Waals surface area contributed by atoms with Gasteiger partial charge in [0.05, 0.1) is 23.3 Å². The summed E-state index contributed by atoms with van der Waals surface area (Å²) in [6.07, 6.45) is 0.505. The van der Waals surface area contributed by atoms with E-state index in [2.05, 4.69) is 15.6 Å². The van der Waals surface area contributed by atoms with Gasteiger partial charge in [0.1, 0.15) is 17.3 Å². The van der Waals surface area contributed by atoms with E-state index in [1.165, 1.54) is 0 Å². The van der Waals surface area contributed by atoms with Crippen LogP contribution < -0.4 is 25.6 Å². The fourth-order valence-electron chi connectivity index (χ4n) is 4.02. The topological polar surface area (TPSA) is 113 Å². The summed E-state index contributed by atoms with van der Waals surface area (Å²) in [5.41, 5.74) is 2.04. The third-order valence-corrected chi connectivity index (χ3v) is 7.63. The number of pyridine rings is 1. The van der Waals surface area contributed by atoms with E-state index in [1.807, 2.05) is 68.4 Å². The largest absolute Gasteiger partial charge is 0.465 e. The molecular formula is C27H29N4O5P. The minimum absolute atomic E-state index is 0.367. The van der Waals surface area contributed by atoms with Gasteiger partial charge in [0.25, 0.3) is 0 Å². The number of amides is 1. The molecule has 3 aromatic carbocycles. The van der Waals surface area contributed by atoms with Gasteiger partial charge in [0, 0.05) is 49.5 Å². The highest BCUT2D eigenvalue weighted by Gasteiger charge is 2.23. The first-order chi connectivity index (χ1) is 17.7. The number of anilines is 4. The number of nitrogens with one attached hydrogen (secondary N) is 2. The molecule has 4 aromatic rings. The summed E-state index contributed by atoms with van der Waals surface area (Å²) < 4.78 is 24.8. The van der Waals surface area contributed by atoms with Gasteiger partial charge in [-0.05, 0) is 43.3 Å². The van der Waals surface area contributed by atoms with E-state index in [4.69, 9.17) is 14.4 Å². The third-order valence-electron chi connectivity index (χ3n) is 5.63. The molecule has 1 atom stereocenters. The summed E-state index contributed by atoms with van der Waals surface area (Å²) in [5.74, 6) is 1.70. The molecule has 0 radical (unpaired) electrons. The first-order valence-electron chi connectivity index (χ1n) is 11.6. The Bertz CT molecular complexity index is 1490. The Morgan fingerprint density at radius 3 is 2.51 bits per heavy atom. The van der Waals surface area contributed by atoms with Gasteiger partial charge in [-0.2, -0.15) is 0 Å². The Labute approximate surface area is 215 Å². The molecule has 37 heavy (non-hydrogen) atoms. The zero-order chi connectivity index (χ0) is 26.6. The van der Waals surface area contributed by atoms with Crippen LogP contribution in [0.1, 0.15) is 6.92 Å². The van der Waals surface area contributed by atoms with Crippen LogP contribution in [0, 0.1) is 0 Å². The number of fused-ring (bicyclic) bond motifs is 1. The summed E-state index contributed by atoms with van der Waals surface area (Å²) in [4.78, 5) is 17.5. The maximum Gasteiger partial charge on any atom is 0.409 e. The van der Waals surface area contributed by atoms with Gasteiger partial charge in [0.2, 0.25) is 7.37 Å². The third kappa shape index (κ3) is 6.02. The molecule has 1 amide bonds. The number of carboxylic acid groups (broad SMARTS) is 1. The standard InChI is InChI=1S/C27H29N4O5P/c1-5-35-37(4,34)25-13-10-18(16-23(25)31(2)3)29-26-17-19(14-15-28-26)36-24-12-11-22(30-27(32)33)20-8-6-7-9-21(20)24/h6-17,30H,5H2,1-4H3,(H,28,29)(H,32,33). The number of rotatable bonds is 9. The van der Waals surface area contributed by atoms with Gasteiger partial charge in [-0.25, -0.2) is 9.78 Å². The van der Waals surface area contributed by atoms with Crippen molar-refractivity contribution in [2.24, 2.45) is 0 Å². The van der Waals surface area contributed by atoms with Crippen molar-refractivity contribution >= 4 is 52.4 Å². The van der Waals surface area contributed by atoms with Crippen molar-refractivity contribution in [3.63, 3.8) is 0 Å². The Kier molecular flexibility index (Phi) is 7.66. The van der Waals surface area contributed by atoms with E-state index in [1.54, 1.807) is 37.1 Å². The molecule has 0 saturated heterocycles. The lowest BCUT2D eigenvalue weighted by Gasteiger charge is -2.23. The maximum absolute atomic E-state index is 13.1. The summed E-state index contributed by atoms with van der Waals surface area (Å²) in [7, 11) is 0.824. The Morgan fingerprint density at radius 1 is 1.05 bits per heavy atom. The van der Waals surface area contributed by atoms with Crippen LogP contribution in [0.25, 0.3) is 10.8 Å². The molecule has 0 aliphatic heterocycles. The SMILES string of the molecule is CCOP(C)(=O)c1ccc(Nc2cc(Oc3ccc(NC(=O)O)c4ccccc34)ccn2)cc1N(C)C. The number of hydrogen-bond acceptors (Lipinski definition) is 7. The highest BCUT2D eigenvalue weighted by molar-refractivity contribution is 7.66. The van der Waals surface area contributed by atoms with Gasteiger partial charge >= 0.3 is 6.09 Å². The second kappa shape index (κ2) is 10.9. The predicted octanol–water partition coefficient (Wildman–Crippen LogP) is 6.50. The second-order valence-electron chi connectivity index (χ2n) is 8.55. The van der Waals surface area contributed by atoms with Crippen molar-refractivity contribution in [1.82, 2.24) is 4.98 Å². The predicted molar refractivity (Wildman–Crippen MR) is 149 cm³/mol. The van der Waals surface area contributed by atoms with E-state index < -0.39 is 13.5 Å². The molecule has 4 rings (SSSR count). The summed E-state index contributed by atoms with van der Waals surface area (Å²) in [6.45, 7) is 3.82. The van der Waals surface area contributed by atoms with Crippen LogP contribution in [0.4, 0.5) is 27.7 Å². The number of hydrogen-bond donors (Lipinski definition) is 3. The van der Waals surface area contributed by atoms with Crippen molar-refractivity contribution in [1.29, 1.82) is 0 Å². The minimum Gasteiger partial charge on any atom is -0.465 e. The smallest absolute Gasteiger partial charge is 0.409 e. The molecule has 1 unspecified atom stereocenters. The zero-order valence-electron chi connectivity index (χ0n) is 21.1. The molecule has 0 fully saturated rings. The first kappa shape index (κ1) is 26.0. The van der Waals surface area contributed by atoms with E-state index in [-0.39, 0.29) is 0 Å². The lowest BCUT2D eigenvalue weighted by atomic mass is 10.1. The average Bonchev–Trinajstić information content (AvgIpc) is 2.85. The number of carbonyl (C=O) groups is 1. The molecular weight excluding hydrogens is 491 g/mol. The van der Waals surface area contributed by atoms with Crippen LogP contribution in [0.2, 0.25) is 0 Å². The van der Waals surface area contributed by atoms with Crippen molar-refractivity contribution in [3.05, 3.63) is 72.9 Å². The molecule has 3 N–H and O–H groups in total. The number of aromatic nitrogens is 1. The summed E-state index contributed by atoms with van der Waals surface area (Å²) in [6, 6.07) is 19.9.